The number of hydrogen-bond donors (Lipinski definition) is 0. The number of ether oxygens (including phenoxy) is 2. The molecular formula is C25H17NO4S. The summed E-state index contributed by atoms with van der Waals surface area (Å²) in [6.07, 6.45) is 0. The number of para-hydroxylation sites is 1. The summed E-state index contributed by atoms with van der Waals surface area (Å²) >= 11 is 1.40. The molecule has 0 fully saturated rings. The van der Waals surface area contributed by atoms with Crippen molar-refractivity contribution in [3.63, 3.8) is 0 Å². The molecule has 0 radical (unpaired) electrons. The van der Waals surface area contributed by atoms with E-state index in [2.05, 4.69) is 4.98 Å². The molecule has 3 aromatic carbocycles. The lowest BCUT2D eigenvalue weighted by molar-refractivity contribution is 0.415. The number of nitrogens with zero attached hydrogens (tertiary/aromatic N) is 1. The van der Waals surface area contributed by atoms with Gasteiger partial charge in [-0.3, -0.25) is 0 Å². The Morgan fingerprint density at radius 3 is 2.39 bits per heavy atom. The third kappa shape index (κ3) is 3.93. The zero-order valence-electron chi connectivity index (χ0n) is 16.6. The molecule has 0 aliphatic carbocycles. The molecule has 5 nitrogen and oxygen atoms in total. The predicted octanol–water partition coefficient (Wildman–Crippen LogP) is 6.38. The van der Waals surface area contributed by atoms with Crippen LogP contribution in [0, 0.1) is 0 Å². The van der Waals surface area contributed by atoms with Gasteiger partial charge in [-0.2, -0.15) is 0 Å². The van der Waals surface area contributed by atoms with Gasteiger partial charge in [0.2, 0.25) is 0 Å². The average molecular weight is 427 g/mol. The molecular weight excluding hydrogens is 410 g/mol. The highest BCUT2D eigenvalue weighted by atomic mass is 32.1. The van der Waals surface area contributed by atoms with Crippen LogP contribution in [0.15, 0.2) is 93.5 Å². The van der Waals surface area contributed by atoms with Crippen molar-refractivity contribution in [1.29, 1.82) is 0 Å². The van der Waals surface area contributed by atoms with Crippen molar-refractivity contribution in [2.75, 3.05) is 7.11 Å². The second-order valence-electron chi connectivity index (χ2n) is 6.83. The van der Waals surface area contributed by atoms with Gasteiger partial charge in [0.25, 0.3) is 0 Å². The molecule has 5 rings (SSSR count). The number of fused-ring (bicyclic) bond motifs is 1. The molecule has 0 bridgehead atoms. The van der Waals surface area contributed by atoms with Crippen LogP contribution in [0.1, 0.15) is 0 Å². The van der Waals surface area contributed by atoms with Gasteiger partial charge < -0.3 is 13.9 Å². The molecule has 0 unspecified atom stereocenters. The van der Waals surface area contributed by atoms with Crippen molar-refractivity contribution in [2.45, 2.75) is 0 Å². The molecule has 0 aliphatic rings. The summed E-state index contributed by atoms with van der Waals surface area (Å²) in [6.45, 7) is 0. The topological polar surface area (TPSA) is 61.6 Å². The van der Waals surface area contributed by atoms with Crippen molar-refractivity contribution in [2.24, 2.45) is 0 Å². The average Bonchev–Trinajstić information content (AvgIpc) is 3.29. The third-order valence-corrected chi connectivity index (χ3v) is 5.68. The van der Waals surface area contributed by atoms with E-state index in [1.165, 1.54) is 11.3 Å². The molecule has 0 spiro atoms. The van der Waals surface area contributed by atoms with Gasteiger partial charge in [0, 0.05) is 16.3 Å². The molecule has 152 valence electrons. The van der Waals surface area contributed by atoms with Crippen molar-refractivity contribution in [3.05, 3.63) is 94.7 Å². The number of rotatable bonds is 5. The highest BCUT2D eigenvalue weighted by Crippen LogP contribution is 2.31. The third-order valence-electron chi connectivity index (χ3n) is 4.80. The summed E-state index contributed by atoms with van der Waals surface area (Å²) in [7, 11) is 1.60. The number of methoxy groups -OCH3 is 1. The van der Waals surface area contributed by atoms with Gasteiger partial charge in [0.05, 0.1) is 18.4 Å². The van der Waals surface area contributed by atoms with Crippen LogP contribution < -0.4 is 15.1 Å². The predicted molar refractivity (Wildman–Crippen MR) is 122 cm³/mol. The second-order valence-corrected chi connectivity index (χ2v) is 7.69. The van der Waals surface area contributed by atoms with Crippen LogP contribution in [-0.4, -0.2) is 12.1 Å². The minimum absolute atomic E-state index is 0.412. The molecule has 0 amide bonds. The minimum Gasteiger partial charge on any atom is -0.497 e. The lowest BCUT2D eigenvalue weighted by atomic mass is 10.1. The Morgan fingerprint density at radius 2 is 1.61 bits per heavy atom. The van der Waals surface area contributed by atoms with Crippen molar-refractivity contribution >= 4 is 22.3 Å². The Balaban J connectivity index is 1.43. The summed E-state index contributed by atoms with van der Waals surface area (Å²) < 4.78 is 16.6. The molecule has 0 N–H and O–H groups in total. The maximum absolute atomic E-state index is 12.5. The number of hydrogen-bond acceptors (Lipinski definition) is 6. The Hall–Kier alpha value is -3.90. The first-order valence-corrected chi connectivity index (χ1v) is 10.5. The van der Waals surface area contributed by atoms with E-state index < -0.39 is 5.63 Å². The lowest BCUT2D eigenvalue weighted by Gasteiger charge is -2.05. The van der Waals surface area contributed by atoms with Crippen LogP contribution in [0.4, 0.5) is 0 Å². The highest BCUT2D eigenvalue weighted by Gasteiger charge is 2.13. The van der Waals surface area contributed by atoms with Crippen LogP contribution in [0.2, 0.25) is 0 Å². The first-order chi connectivity index (χ1) is 15.2. The normalized spacial score (nSPS) is 10.9. The first kappa shape index (κ1) is 19.1. The molecule has 0 atom stereocenters. The van der Waals surface area contributed by atoms with Crippen molar-refractivity contribution < 1.29 is 13.9 Å². The van der Waals surface area contributed by atoms with Crippen LogP contribution in [-0.2, 0) is 0 Å². The van der Waals surface area contributed by atoms with Gasteiger partial charge in [-0.25, -0.2) is 9.78 Å². The fraction of sp³-hybridized carbons (Fsp3) is 0.0400. The standard InChI is InChI=1S/C25H17NO4S/c1-28-20-11-12-23-17(13-20)14-21(25(27)30-23)24-26-22(15-31-24)16-7-9-19(10-8-16)29-18-5-3-2-4-6-18/h2-15H,1H3. The van der Waals surface area contributed by atoms with Crippen LogP contribution in [0.5, 0.6) is 17.2 Å². The van der Waals surface area contributed by atoms with Crippen molar-refractivity contribution in [3.8, 4) is 39.1 Å². The van der Waals surface area contributed by atoms with Gasteiger partial charge in [-0.15, -0.1) is 11.3 Å². The maximum Gasteiger partial charge on any atom is 0.346 e. The summed E-state index contributed by atoms with van der Waals surface area (Å²) in [5.74, 6) is 2.23. The van der Waals surface area contributed by atoms with Crippen molar-refractivity contribution in [1.82, 2.24) is 4.98 Å². The Labute approximate surface area is 182 Å². The smallest absolute Gasteiger partial charge is 0.346 e. The van der Waals surface area contributed by atoms with E-state index in [4.69, 9.17) is 13.9 Å². The number of aromatic nitrogens is 1. The highest BCUT2D eigenvalue weighted by molar-refractivity contribution is 7.13. The largest absolute Gasteiger partial charge is 0.497 e. The molecule has 31 heavy (non-hydrogen) atoms. The van der Waals surface area contributed by atoms with E-state index in [-0.39, 0.29) is 0 Å². The summed E-state index contributed by atoms with van der Waals surface area (Å²) in [4.78, 5) is 17.2. The lowest BCUT2D eigenvalue weighted by Crippen LogP contribution is -2.02. The minimum atomic E-state index is -0.412. The molecule has 6 heteroatoms. The zero-order chi connectivity index (χ0) is 21.2. The Bertz CT molecular complexity index is 1410. The molecule has 0 saturated heterocycles. The van der Waals surface area contributed by atoms with E-state index in [9.17, 15) is 4.79 Å². The summed E-state index contributed by atoms with van der Waals surface area (Å²) in [5, 5.41) is 3.32. The monoisotopic (exact) mass is 427 g/mol. The van der Waals surface area contributed by atoms with E-state index in [0.29, 0.717) is 21.9 Å². The zero-order valence-corrected chi connectivity index (χ0v) is 17.4. The van der Waals surface area contributed by atoms with Gasteiger partial charge in [-0.05, 0) is 60.7 Å². The quantitative estimate of drug-likeness (QED) is 0.304. The molecule has 5 aromatic rings. The Morgan fingerprint density at radius 1 is 0.871 bits per heavy atom. The first-order valence-electron chi connectivity index (χ1n) is 9.61. The van der Waals surface area contributed by atoms with E-state index >= 15 is 0 Å². The fourth-order valence-electron chi connectivity index (χ4n) is 3.23. The van der Waals surface area contributed by atoms with Gasteiger partial charge in [0.1, 0.15) is 27.8 Å². The second kappa shape index (κ2) is 8.08. The van der Waals surface area contributed by atoms with Gasteiger partial charge in [-0.1, -0.05) is 18.2 Å². The summed E-state index contributed by atoms with van der Waals surface area (Å²) in [5.41, 5.74) is 2.26. The Kier molecular flexibility index (Phi) is 4.98. The van der Waals surface area contributed by atoms with E-state index in [1.807, 2.05) is 66.0 Å². The SMILES string of the molecule is COc1ccc2oc(=O)c(-c3nc(-c4ccc(Oc5ccccc5)cc4)cs3)cc2c1. The molecule has 0 saturated carbocycles. The number of benzene rings is 3. The van der Waals surface area contributed by atoms with E-state index in [1.54, 1.807) is 25.3 Å². The molecule has 0 aliphatic heterocycles. The fourth-order valence-corrected chi connectivity index (χ4v) is 4.06. The summed E-state index contributed by atoms with van der Waals surface area (Å²) in [6, 6.07) is 24.4. The van der Waals surface area contributed by atoms with Crippen LogP contribution in [0.25, 0.3) is 32.8 Å². The number of thiazole rings is 1. The van der Waals surface area contributed by atoms with Gasteiger partial charge >= 0.3 is 5.63 Å². The van der Waals surface area contributed by atoms with Gasteiger partial charge in [0.15, 0.2) is 0 Å². The molecule has 2 heterocycles. The van der Waals surface area contributed by atoms with Crippen LogP contribution >= 0.6 is 11.3 Å². The molecule has 2 aromatic heterocycles. The van der Waals surface area contributed by atoms with Crippen LogP contribution in [0.3, 0.4) is 0 Å². The van der Waals surface area contributed by atoms with E-state index in [0.717, 1.165) is 28.1 Å². The maximum atomic E-state index is 12.5.